The molecule has 1 fully saturated rings. The van der Waals surface area contributed by atoms with Crippen LogP contribution < -0.4 is 5.32 Å². The first-order chi connectivity index (χ1) is 7.49. The average molecular weight is 245 g/mol. The molecule has 2 unspecified atom stereocenters. The summed E-state index contributed by atoms with van der Waals surface area (Å²) in [5.74, 6) is -0.103. The van der Waals surface area contributed by atoms with Crippen molar-refractivity contribution >= 4 is 23.6 Å². The molecule has 0 aromatic carbocycles. The van der Waals surface area contributed by atoms with E-state index in [0.717, 1.165) is 25.0 Å². The molecule has 0 aromatic rings. The maximum absolute atomic E-state index is 11.9. The van der Waals surface area contributed by atoms with Gasteiger partial charge in [0.15, 0.2) is 0 Å². The van der Waals surface area contributed by atoms with E-state index in [2.05, 4.69) is 5.32 Å². The van der Waals surface area contributed by atoms with Crippen LogP contribution in [0.15, 0.2) is 0 Å². The number of aliphatic carboxylic acids is 1. The van der Waals surface area contributed by atoms with E-state index in [-0.39, 0.29) is 11.2 Å². The Kier molecular flexibility index (Phi) is 4.65. The van der Waals surface area contributed by atoms with Gasteiger partial charge in [-0.1, -0.05) is 13.3 Å². The number of hydrogen-bond donors (Lipinski definition) is 2. The summed E-state index contributed by atoms with van der Waals surface area (Å²) >= 11 is 1.63. The number of amides is 1. The smallest absolute Gasteiger partial charge is 0.329 e. The van der Waals surface area contributed by atoms with Gasteiger partial charge in [-0.15, -0.1) is 11.8 Å². The van der Waals surface area contributed by atoms with Gasteiger partial charge in [0.1, 0.15) is 5.54 Å². The molecular weight excluding hydrogens is 226 g/mol. The highest BCUT2D eigenvalue weighted by molar-refractivity contribution is 8.00. The van der Waals surface area contributed by atoms with Crippen LogP contribution in [-0.2, 0) is 9.59 Å². The van der Waals surface area contributed by atoms with Gasteiger partial charge in [-0.3, -0.25) is 4.79 Å². The Hall–Kier alpha value is -0.710. The molecule has 0 bridgehead atoms. The SMILES string of the molecule is CCC(C)(NC(=O)C1CCCCS1)C(=O)O. The molecule has 2 N–H and O–H groups in total. The molecule has 16 heavy (non-hydrogen) atoms. The van der Waals surface area contributed by atoms with Crippen LogP contribution in [-0.4, -0.2) is 33.5 Å². The van der Waals surface area contributed by atoms with E-state index < -0.39 is 11.5 Å². The molecule has 2 atom stereocenters. The van der Waals surface area contributed by atoms with Gasteiger partial charge in [0.25, 0.3) is 0 Å². The Bertz CT molecular complexity index is 276. The molecule has 0 aliphatic carbocycles. The summed E-state index contributed by atoms with van der Waals surface area (Å²) in [4.78, 5) is 22.9. The molecule has 1 amide bonds. The lowest BCUT2D eigenvalue weighted by molar-refractivity contribution is -0.146. The summed E-state index contributed by atoms with van der Waals surface area (Å²) in [6.07, 6.45) is 3.46. The predicted molar refractivity (Wildman–Crippen MR) is 64.6 cm³/mol. The van der Waals surface area contributed by atoms with E-state index in [1.54, 1.807) is 25.6 Å². The van der Waals surface area contributed by atoms with E-state index in [1.165, 1.54) is 0 Å². The zero-order valence-corrected chi connectivity index (χ0v) is 10.6. The molecular formula is C11H19NO3S. The third-order valence-corrected chi connectivity index (χ3v) is 4.43. The average Bonchev–Trinajstić information content (AvgIpc) is 2.29. The molecule has 92 valence electrons. The number of rotatable bonds is 4. The maximum Gasteiger partial charge on any atom is 0.329 e. The highest BCUT2D eigenvalue weighted by Crippen LogP contribution is 2.25. The molecule has 5 heteroatoms. The van der Waals surface area contributed by atoms with Crippen LogP contribution in [0, 0.1) is 0 Å². The summed E-state index contributed by atoms with van der Waals surface area (Å²) < 4.78 is 0. The van der Waals surface area contributed by atoms with Crippen molar-refractivity contribution in [1.82, 2.24) is 5.32 Å². The van der Waals surface area contributed by atoms with Crippen molar-refractivity contribution in [2.75, 3.05) is 5.75 Å². The molecule has 0 saturated carbocycles. The fraction of sp³-hybridized carbons (Fsp3) is 0.818. The normalized spacial score (nSPS) is 24.5. The molecule has 1 saturated heterocycles. The lowest BCUT2D eigenvalue weighted by atomic mass is 9.98. The van der Waals surface area contributed by atoms with Crippen LogP contribution in [0.5, 0.6) is 0 Å². The van der Waals surface area contributed by atoms with Gasteiger partial charge in [0, 0.05) is 0 Å². The predicted octanol–water partition coefficient (Wildman–Crippen LogP) is 1.64. The Morgan fingerprint density at radius 3 is 2.62 bits per heavy atom. The highest BCUT2D eigenvalue weighted by Gasteiger charge is 2.35. The zero-order valence-electron chi connectivity index (χ0n) is 9.78. The Labute approximate surface area is 100 Å². The molecule has 4 nitrogen and oxygen atoms in total. The Morgan fingerprint density at radius 2 is 2.19 bits per heavy atom. The second-order valence-electron chi connectivity index (χ2n) is 4.34. The van der Waals surface area contributed by atoms with Crippen molar-refractivity contribution < 1.29 is 14.7 Å². The maximum atomic E-state index is 11.9. The van der Waals surface area contributed by atoms with Crippen LogP contribution in [0.25, 0.3) is 0 Å². The topological polar surface area (TPSA) is 66.4 Å². The van der Waals surface area contributed by atoms with Crippen molar-refractivity contribution in [3.63, 3.8) is 0 Å². The minimum absolute atomic E-state index is 0.0704. The second kappa shape index (κ2) is 5.57. The molecule has 0 radical (unpaired) electrons. The first-order valence-corrected chi connectivity index (χ1v) is 6.71. The third-order valence-electron chi connectivity index (χ3n) is 3.05. The standard InChI is InChI=1S/C11H19NO3S/c1-3-11(2,10(14)15)12-9(13)8-6-4-5-7-16-8/h8H,3-7H2,1-2H3,(H,12,13)(H,14,15). The number of carboxylic acid groups (broad SMARTS) is 1. The highest BCUT2D eigenvalue weighted by atomic mass is 32.2. The largest absolute Gasteiger partial charge is 0.480 e. The summed E-state index contributed by atoms with van der Waals surface area (Å²) in [6, 6.07) is 0. The van der Waals surface area contributed by atoms with Crippen molar-refractivity contribution in [3.05, 3.63) is 0 Å². The number of hydrogen-bond acceptors (Lipinski definition) is 3. The van der Waals surface area contributed by atoms with E-state index in [4.69, 9.17) is 5.11 Å². The molecule has 1 aliphatic rings. The fourth-order valence-electron chi connectivity index (χ4n) is 1.59. The van der Waals surface area contributed by atoms with Crippen LogP contribution in [0.4, 0.5) is 0 Å². The zero-order chi connectivity index (χ0) is 12.2. The minimum Gasteiger partial charge on any atom is -0.480 e. The molecule has 0 aromatic heterocycles. The van der Waals surface area contributed by atoms with Crippen LogP contribution in [0.1, 0.15) is 39.5 Å². The van der Waals surface area contributed by atoms with Crippen molar-refractivity contribution in [3.8, 4) is 0 Å². The van der Waals surface area contributed by atoms with Crippen molar-refractivity contribution in [2.45, 2.75) is 50.3 Å². The fourth-order valence-corrected chi connectivity index (χ4v) is 2.79. The van der Waals surface area contributed by atoms with Gasteiger partial charge in [0.05, 0.1) is 5.25 Å². The van der Waals surface area contributed by atoms with Crippen LogP contribution in [0.2, 0.25) is 0 Å². The summed E-state index contributed by atoms with van der Waals surface area (Å²) in [7, 11) is 0. The van der Waals surface area contributed by atoms with Gasteiger partial charge in [-0.2, -0.15) is 0 Å². The number of carbonyl (C=O) groups is 2. The second-order valence-corrected chi connectivity index (χ2v) is 5.65. The lowest BCUT2D eigenvalue weighted by Crippen LogP contribution is -2.54. The molecule has 1 aliphatic heterocycles. The first kappa shape index (κ1) is 13.4. The van der Waals surface area contributed by atoms with Gasteiger partial charge >= 0.3 is 5.97 Å². The number of carbonyl (C=O) groups excluding carboxylic acids is 1. The first-order valence-electron chi connectivity index (χ1n) is 5.66. The minimum atomic E-state index is -1.13. The monoisotopic (exact) mass is 245 g/mol. The van der Waals surface area contributed by atoms with Crippen LogP contribution in [0.3, 0.4) is 0 Å². The van der Waals surface area contributed by atoms with Crippen molar-refractivity contribution in [1.29, 1.82) is 0 Å². The quantitative estimate of drug-likeness (QED) is 0.790. The number of carboxylic acids is 1. The Morgan fingerprint density at radius 1 is 1.50 bits per heavy atom. The van der Waals surface area contributed by atoms with E-state index >= 15 is 0 Å². The van der Waals surface area contributed by atoms with E-state index in [0.29, 0.717) is 6.42 Å². The summed E-state index contributed by atoms with van der Waals surface area (Å²) in [6.45, 7) is 3.32. The third kappa shape index (κ3) is 3.14. The summed E-state index contributed by atoms with van der Waals surface area (Å²) in [5, 5.41) is 11.6. The molecule has 1 heterocycles. The van der Waals surface area contributed by atoms with Gasteiger partial charge in [-0.25, -0.2) is 4.79 Å². The number of thioether (sulfide) groups is 1. The van der Waals surface area contributed by atoms with Gasteiger partial charge in [0.2, 0.25) is 5.91 Å². The number of nitrogens with one attached hydrogen (secondary N) is 1. The van der Waals surface area contributed by atoms with Gasteiger partial charge < -0.3 is 10.4 Å². The van der Waals surface area contributed by atoms with E-state index in [1.807, 2.05) is 0 Å². The van der Waals surface area contributed by atoms with Crippen LogP contribution >= 0.6 is 11.8 Å². The lowest BCUT2D eigenvalue weighted by Gasteiger charge is -2.28. The van der Waals surface area contributed by atoms with Crippen molar-refractivity contribution in [2.24, 2.45) is 0 Å². The van der Waals surface area contributed by atoms with E-state index in [9.17, 15) is 9.59 Å². The van der Waals surface area contributed by atoms with Gasteiger partial charge in [-0.05, 0) is 31.9 Å². The molecule has 1 rings (SSSR count). The summed E-state index contributed by atoms with van der Waals surface area (Å²) in [5.41, 5.74) is -1.13. The molecule has 0 spiro atoms. The Balaban J connectivity index is 2.57.